The first-order valence-corrected chi connectivity index (χ1v) is 7.89. The van der Waals surface area contributed by atoms with Crippen molar-refractivity contribution >= 4 is 63.1 Å². The molecule has 5 nitrogen and oxygen atoms in total. The van der Waals surface area contributed by atoms with Gasteiger partial charge in [-0.25, -0.2) is 0 Å². The highest BCUT2D eigenvalue weighted by molar-refractivity contribution is 7.80. The zero-order valence-electron chi connectivity index (χ0n) is 12.0. The third-order valence-corrected chi connectivity index (χ3v) is 3.86. The van der Waals surface area contributed by atoms with Gasteiger partial charge in [-0.15, -0.1) is 0 Å². The number of amides is 1. The molecule has 1 amide bonds. The summed E-state index contributed by atoms with van der Waals surface area (Å²) in [7, 11) is 0. The smallest absolute Gasteiger partial charge is 0.293 e. The number of nitrogens with one attached hydrogen (secondary N) is 2. The fourth-order valence-electron chi connectivity index (χ4n) is 2.07. The van der Waals surface area contributed by atoms with Gasteiger partial charge < -0.3 is 14.8 Å². The topological polar surface area (TPSA) is 74.5 Å². The molecule has 0 spiro atoms. The Labute approximate surface area is 152 Å². The van der Waals surface area contributed by atoms with E-state index in [9.17, 15) is 9.90 Å². The predicted molar refractivity (Wildman–Crippen MR) is 98.0 cm³/mol. The number of rotatable bonds is 2. The molecule has 1 heterocycles. The molecule has 8 heteroatoms. The highest BCUT2D eigenvalue weighted by atomic mass is 35.5. The summed E-state index contributed by atoms with van der Waals surface area (Å²) in [5.74, 6) is -0.619. The number of phenols is 1. The summed E-state index contributed by atoms with van der Waals surface area (Å²) in [6, 6.07) is 11.7. The van der Waals surface area contributed by atoms with Crippen molar-refractivity contribution in [3.8, 4) is 5.75 Å². The number of para-hydroxylation sites is 1. The zero-order chi connectivity index (χ0) is 17.3. The lowest BCUT2D eigenvalue weighted by molar-refractivity contribution is 0.0953. The largest absolute Gasteiger partial charge is 0.504 e. The molecule has 3 rings (SSSR count). The summed E-state index contributed by atoms with van der Waals surface area (Å²) in [5.41, 5.74) is 0.781. The van der Waals surface area contributed by atoms with E-state index in [0.29, 0.717) is 10.6 Å². The zero-order valence-corrected chi connectivity index (χ0v) is 14.3. The number of benzene rings is 2. The maximum absolute atomic E-state index is 12.2. The van der Waals surface area contributed by atoms with Gasteiger partial charge in [0.25, 0.3) is 5.91 Å². The first-order chi connectivity index (χ1) is 11.4. The summed E-state index contributed by atoms with van der Waals surface area (Å²) < 4.78 is 5.45. The minimum atomic E-state index is -0.517. The van der Waals surface area contributed by atoms with E-state index in [0.717, 1.165) is 5.39 Å². The third kappa shape index (κ3) is 3.46. The molecule has 0 aliphatic rings. The molecule has 0 atom stereocenters. The predicted octanol–water partition coefficient (Wildman–Crippen LogP) is 4.57. The van der Waals surface area contributed by atoms with Crippen LogP contribution in [0.5, 0.6) is 5.75 Å². The van der Waals surface area contributed by atoms with E-state index in [4.69, 9.17) is 39.8 Å². The van der Waals surface area contributed by atoms with Gasteiger partial charge in [-0.05, 0) is 36.5 Å². The van der Waals surface area contributed by atoms with Gasteiger partial charge in [0.1, 0.15) is 5.58 Å². The average Bonchev–Trinajstić information content (AvgIpc) is 2.96. The number of halogens is 2. The maximum atomic E-state index is 12.2. The van der Waals surface area contributed by atoms with Crippen molar-refractivity contribution in [2.75, 3.05) is 5.32 Å². The second kappa shape index (κ2) is 6.68. The number of aromatic hydroxyl groups is 1. The van der Waals surface area contributed by atoms with Crippen LogP contribution in [0.15, 0.2) is 46.9 Å². The van der Waals surface area contributed by atoms with Gasteiger partial charge in [0.05, 0.1) is 10.7 Å². The number of phenolic OH excluding ortho intramolecular Hbond substituents is 1. The van der Waals surface area contributed by atoms with Crippen molar-refractivity contribution in [3.05, 3.63) is 58.3 Å². The number of carbonyl (C=O) groups excluding carboxylic acids is 1. The lowest BCUT2D eigenvalue weighted by Crippen LogP contribution is -2.33. The second-order valence-corrected chi connectivity index (χ2v) is 6.09. The van der Waals surface area contributed by atoms with Crippen molar-refractivity contribution in [2.24, 2.45) is 0 Å². The van der Waals surface area contributed by atoms with Gasteiger partial charge in [-0.3, -0.25) is 10.1 Å². The normalized spacial score (nSPS) is 10.6. The number of hydrogen-bond acceptors (Lipinski definition) is 4. The lowest BCUT2D eigenvalue weighted by Gasteiger charge is -2.11. The van der Waals surface area contributed by atoms with Crippen LogP contribution in [0.25, 0.3) is 11.0 Å². The molecular formula is C16H10Cl2N2O3S. The van der Waals surface area contributed by atoms with Crippen LogP contribution < -0.4 is 10.6 Å². The van der Waals surface area contributed by atoms with Gasteiger partial charge in [-0.1, -0.05) is 41.4 Å². The molecule has 0 aliphatic carbocycles. The van der Waals surface area contributed by atoms with Crippen molar-refractivity contribution in [3.63, 3.8) is 0 Å². The molecule has 0 unspecified atom stereocenters. The van der Waals surface area contributed by atoms with Gasteiger partial charge in [0.2, 0.25) is 0 Å². The minimum Gasteiger partial charge on any atom is -0.504 e. The van der Waals surface area contributed by atoms with E-state index in [1.807, 2.05) is 18.2 Å². The van der Waals surface area contributed by atoms with Crippen molar-refractivity contribution < 1.29 is 14.3 Å². The standard InChI is InChI=1S/C16H10Cl2N2O3S/c17-9-6-10(18)14(21)11(7-9)19-16(24)20-15(22)13-5-8-3-1-2-4-12(8)23-13/h1-7,21H,(H2,19,20,22,24). The fraction of sp³-hybridized carbons (Fsp3) is 0. The van der Waals surface area contributed by atoms with E-state index in [1.165, 1.54) is 12.1 Å². The number of thiocarbonyl (C=S) groups is 1. The van der Waals surface area contributed by atoms with E-state index in [1.54, 1.807) is 12.1 Å². The molecule has 0 fully saturated rings. The summed E-state index contributed by atoms with van der Waals surface area (Å²) in [4.78, 5) is 12.2. The minimum absolute atomic E-state index is 0.0333. The van der Waals surface area contributed by atoms with Crippen LogP contribution >= 0.6 is 35.4 Å². The second-order valence-electron chi connectivity index (χ2n) is 4.84. The molecule has 0 bridgehead atoms. The molecule has 0 saturated carbocycles. The third-order valence-electron chi connectivity index (χ3n) is 3.15. The van der Waals surface area contributed by atoms with E-state index in [2.05, 4.69) is 10.6 Å². The van der Waals surface area contributed by atoms with Gasteiger partial charge in [0.15, 0.2) is 16.6 Å². The van der Waals surface area contributed by atoms with Crippen molar-refractivity contribution in [1.82, 2.24) is 5.32 Å². The Hall–Kier alpha value is -2.28. The van der Waals surface area contributed by atoms with E-state index < -0.39 is 5.91 Å². The maximum Gasteiger partial charge on any atom is 0.293 e. The Kier molecular flexibility index (Phi) is 4.62. The van der Waals surface area contributed by atoms with Crippen molar-refractivity contribution in [2.45, 2.75) is 0 Å². The average molecular weight is 381 g/mol. The highest BCUT2D eigenvalue weighted by Crippen LogP contribution is 2.34. The number of fused-ring (bicyclic) bond motifs is 1. The number of anilines is 1. The van der Waals surface area contributed by atoms with E-state index >= 15 is 0 Å². The first kappa shape index (κ1) is 16.6. The molecule has 0 radical (unpaired) electrons. The van der Waals surface area contributed by atoms with Crippen LogP contribution in [-0.2, 0) is 0 Å². The molecule has 2 aromatic carbocycles. The van der Waals surface area contributed by atoms with Crippen LogP contribution in [0.4, 0.5) is 5.69 Å². The SMILES string of the molecule is O=C(NC(=S)Nc1cc(Cl)cc(Cl)c1O)c1cc2ccccc2o1. The summed E-state index contributed by atoms with van der Waals surface area (Å²) in [6.45, 7) is 0. The molecule has 3 aromatic rings. The van der Waals surface area contributed by atoms with E-state index in [-0.39, 0.29) is 27.3 Å². The Bertz CT molecular complexity index is 923. The molecule has 0 aliphatic heterocycles. The van der Waals surface area contributed by atoms with Gasteiger partial charge >= 0.3 is 0 Å². The summed E-state index contributed by atoms with van der Waals surface area (Å²) >= 11 is 16.8. The molecule has 24 heavy (non-hydrogen) atoms. The van der Waals surface area contributed by atoms with Crippen LogP contribution in [0.3, 0.4) is 0 Å². The van der Waals surface area contributed by atoms with Crippen LogP contribution in [0, 0.1) is 0 Å². The molecular weight excluding hydrogens is 371 g/mol. The monoisotopic (exact) mass is 380 g/mol. The number of hydrogen-bond donors (Lipinski definition) is 3. The molecule has 122 valence electrons. The van der Waals surface area contributed by atoms with Crippen LogP contribution in [-0.4, -0.2) is 16.1 Å². The Balaban J connectivity index is 1.74. The summed E-state index contributed by atoms with van der Waals surface area (Å²) in [6.07, 6.45) is 0. The van der Waals surface area contributed by atoms with Crippen LogP contribution in [0.1, 0.15) is 10.6 Å². The van der Waals surface area contributed by atoms with Crippen molar-refractivity contribution in [1.29, 1.82) is 0 Å². The Morgan fingerprint density at radius 3 is 2.67 bits per heavy atom. The molecule has 1 aromatic heterocycles. The summed E-state index contributed by atoms with van der Waals surface area (Å²) in [5, 5.41) is 16.2. The first-order valence-electron chi connectivity index (χ1n) is 6.73. The quantitative estimate of drug-likeness (QED) is 0.448. The number of furan rings is 1. The lowest BCUT2D eigenvalue weighted by atomic mass is 10.2. The van der Waals surface area contributed by atoms with Gasteiger partial charge in [0, 0.05) is 10.4 Å². The number of carbonyl (C=O) groups is 1. The molecule has 0 saturated heterocycles. The highest BCUT2D eigenvalue weighted by Gasteiger charge is 2.15. The Morgan fingerprint density at radius 1 is 1.17 bits per heavy atom. The van der Waals surface area contributed by atoms with Gasteiger partial charge in [-0.2, -0.15) is 0 Å². The van der Waals surface area contributed by atoms with Crippen LogP contribution in [0.2, 0.25) is 10.0 Å². The molecule has 3 N–H and O–H groups in total. The Morgan fingerprint density at radius 2 is 1.92 bits per heavy atom. The fourth-order valence-corrected chi connectivity index (χ4v) is 2.77.